The lowest BCUT2D eigenvalue weighted by Crippen LogP contribution is -2.48. The van der Waals surface area contributed by atoms with Crippen LogP contribution in [0.4, 0.5) is 0 Å². The van der Waals surface area contributed by atoms with Gasteiger partial charge in [0.25, 0.3) is 0 Å². The van der Waals surface area contributed by atoms with Gasteiger partial charge in [0.05, 0.1) is 28.8 Å². The first kappa shape index (κ1) is 17.9. The number of ether oxygens (including phenoxy) is 2. The van der Waals surface area contributed by atoms with E-state index in [-0.39, 0.29) is 28.8 Å². The first-order valence-electron chi connectivity index (χ1n) is 7.67. The molecule has 23 heavy (non-hydrogen) atoms. The van der Waals surface area contributed by atoms with Gasteiger partial charge in [0.1, 0.15) is 0 Å². The molecule has 7 heteroatoms. The zero-order valence-electron chi connectivity index (χ0n) is 13.9. The molecule has 2 atom stereocenters. The Balaban J connectivity index is 2.28. The second-order valence-corrected chi connectivity index (χ2v) is 8.00. The Kier molecular flexibility index (Phi) is 5.44. The Morgan fingerprint density at radius 2 is 1.87 bits per heavy atom. The average Bonchev–Trinajstić information content (AvgIpc) is 2.45. The van der Waals surface area contributed by atoms with Gasteiger partial charge in [-0.1, -0.05) is 6.07 Å². The molecule has 0 radical (unpaired) electrons. The van der Waals surface area contributed by atoms with Crippen molar-refractivity contribution >= 4 is 16.0 Å². The lowest BCUT2D eigenvalue weighted by molar-refractivity contribution is -0.0440. The summed E-state index contributed by atoms with van der Waals surface area (Å²) in [5.41, 5.74) is 0.231. The quantitative estimate of drug-likeness (QED) is 0.784. The van der Waals surface area contributed by atoms with Gasteiger partial charge in [0, 0.05) is 13.1 Å². The number of sulfonamides is 1. The molecule has 2 unspecified atom stereocenters. The van der Waals surface area contributed by atoms with E-state index in [0.29, 0.717) is 13.1 Å². The highest BCUT2D eigenvalue weighted by atomic mass is 32.2. The average molecular weight is 341 g/mol. The molecule has 2 rings (SSSR count). The van der Waals surface area contributed by atoms with Crippen LogP contribution in [0, 0.1) is 0 Å². The van der Waals surface area contributed by atoms with Crippen LogP contribution in [0.3, 0.4) is 0 Å². The Morgan fingerprint density at radius 1 is 1.26 bits per heavy atom. The van der Waals surface area contributed by atoms with Crippen LogP contribution in [0.1, 0.15) is 38.1 Å². The molecule has 128 valence electrons. The number of morpholine rings is 1. The molecule has 1 aliphatic rings. The largest absolute Gasteiger partial charge is 0.459 e. The molecule has 1 aliphatic heterocycles. The van der Waals surface area contributed by atoms with E-state index in [1.807, 2.05) is 13.8 Å². The highest BCUT2D eigenvalue weighted by Gasteiger charge is 2.32. The summed E-state index contributed by atoms with van der Waals surface area (Å²) in [7, 11) is -3.67. The fourth-order valence-corrected chi connectivity index (χ4v) is 4.18. The monoisotopic (exact) mass is 341 g/mol. The molecule has 6 nitrogen and oxygen atoms in total. The smallest absolute Gasteiger partial charge is 0.338 e. The molecule has 0 bridgehead atoms. The van der Waals surface area contributed by atoms with Gasteiger partial charge < -0.3 is 9.47 Å². The Hall–Kier alpha value is -1.44. The second kappa shape index (κ2) is 6.98. The van der Waals surface area contributed by atoms with Crippen LogP contribution >= 0.6 is 0 Å². The van der Waals surface area contributed by atoms with Crippen molar-refractivity contribution in [2.75, 3.05) is 13.1 Å². The zero-order valence-corrected chi connectivity index (χ0v) is 14.7. The Morgan fingerprint density at radius 3 is 2.43 bits per heavy atom. The number of carbonyl (C=O) groups is 1. The molecular weight excluding hydrogens is 318 g/mol. The van der Waals surface area contributed by atoms with Crippen molar-refractivity contribution in [3.8, 4) is 0 Å². The summed E-state index contributed by atoms with van der Waals surface area (Å²) in [6.07, 6.45) is -0.589. The highest BCUT2D eigenvalue weighted by molar-refractivity contribution is 7.89. The zero-order chi connectivity index (χ0) is 17.2. The van der Waals surface area contributed by atoms with Crippen LogP contribution in [-0.2, 0) is 19.5 Å². The van der Waals surface area contributed by atoms with E-state index in [4.69, 9.17) is 9.47 Å². The molecule has 1 aromatic rings. The summed E-state index contributed by atoms with van der Waals surface area (Å²) in [5, 5.41) is 0. The minimum absolute atomic E-state index is 0.0945. The molecule has 0 aliphatic carbocycles. The van der Waals surface area contributed by atoms with Crippen molar-refractivity contribution in [3.05, 3.63) is 29.8 Å². The van der Waals surface area contributed by atoms with Crippen molar-refractivity contribution in [1.29, 1.82) is 0 Å². The van der Waals surface area contributed by atoms with Gasteiger partial charge >= 0.3 is 5.97 Å². The third kappa shape index (κ3) is 4.31. The summed E-state index contributed by atoms with van der Waals surface area (Å²) in [4.78, 5) is 12.1. The molecule has 1 aromatic carbocycles. The first-order chi connectivity index (χ1) is 10.7. The van der Waals surface area contributed by atoms with Gasteiger partial charge in [0.2, 0.25) is 10.0 Å². The molecule has 0 aromatic heterocycles. The Bertz CT molecular complexity index is 661. The minimum Gasteiger partial charge on any atom is -0.459 e. The maximum atomic E-state index is 12.8. The lowest BCUT2D eigenvalue weighted by atomic mass is 10.2. The van der Waals surface area contributed by atoms with E-state index in [1.54, 1.807) is 26.0 Å². The van der Waals surface area contributed by atoms with Gasteiger partial charge in [0.15, 0.2) is 0 Å². The maximum Gasteiger partial charge on any atom is 0.338 e. The maximum absolute atomic E-state index is 12.8. The van der Waals surface area contributed by atoms with Crippen molar-refractivity contribution in [1.82, 2.24) is 4.31 Å². The topological polar surface area (TPSA) is 72.9 Å². The number of hydrogen-bond acceptors (Lipinski definition) is 5. The summed E-state index contributed by atoms with van der Waals surface area (Å²) < 4.78 is 37.7. The molecule has 0 N–H and O–H groups in total. The van der Waals surface area contributed by atoms with Gasteiger partial charge in [-0.3, -0.25) is 0 Å². The highest BCUT2D eigenvalue weighted by Crippen LogP contribution is 2.22. The molecule has 1 heterocycles. The number of esters is 1. The number of rotatable bonds is 4. The van der Waals surface area contributed by atoms with E-state index in [0.717, 1.165) is 0 Å². The van der Waals surface area contributed by atoms with Crippen molar-refractivity contribution in [3.63, 3.8) is 0 Å². The first-order valence-corrected chi connectivity index (χ1v) is 9.11. The van der Waals surface area contributed by atoms with Crippen LogP contribution in [0.2, 0.25) is 0 Å². The van der Waals surface area contributed by atoms with Gasteiger partial charge in [-0.05, 0) is 45.9 Å². The fourth-order valence-electron chi connectivity index (χ4n) is 2.54. The van der Waals surface area contributed by atoms with E-state index in [2.05, 4.69) is 0 Å². The van der Waals surface area contributed by atoms with Crippen molar-refractivity contribution < 1.29 is 22.7 Å². The molecule has 0 amide bonds. The lowest BCUT2D eigenvalue weighted by Gasteiger charge is -2.34. The molecule has 1 saturated heterocycles. The number of carbonyl (C=O) groups excluding carboxylic acids is 1. The van der Waals surface area contributed by atoms with Crippen LogP contribution in [0.25, 0.3) is 0 Å². The van der Waals surface area contributed by atoms with E-state index in [9.17, 15) is 13.2 Å². The number of nitrogens with zero attached hydrogens (tertiary/aromatic N) is 1. The fraction of sp³-hybridized carbons (Fsp3) is 0.562. The Labute approximate surface area is 137 Å². The normalized spacial score (nSPS) is 23.0. The van der Waals surface area contributed by atoms with Crippen LogP contribution in [0.15, 0.2) is 29.2 Å². The third-order valence-electron chi connectivity index (χ3n) is 3.44. The predicted octanol–water partition coefficient (Wildman–Crippen LogP) is 2.05. The number of hydrogen-bond donors (Lipinski definition) is 0. The van der Waals surface area contributed by atoms with E-state index >= 15 is 0 Å². The molecule has 0 saturated carbocycles. The minimum atomic E-state index is -3.67. The second-order valence-electron chi connectivity index (χ2n) is 6.06. The summed E-state index contributed by atoms with van der Waals surface area (Å²) in [6, 6.07) is 5.96. The van der Waals surface area contributed by atoms with Crippen molar-refractivity contribution in [2.24, 2.45) is 0 Å². The summed E-state index contributed by atoms with van der Waals surface area (Å²) in [6.45, 7) is 7.77. The summed E-state index contributed by atoms with van der Waals surface area (Å²) >= 11 is 0. The van der Waals surface area contributed by atoms with Gasteiger partial charge in [-0.15, -0.1) is 0 Å². The van der Waals surface area contributed by atoms with Crippen LogP contribution in [0.5, 0.6) is 0 Å². The van der Waals surface area contributed by atoms with Crippen LogP contribution in [-0.4, -0.2) is 50.1 Å². The standard InChI is InChI=1S/C16H23NO5S/c1-11(2)21-16(18)14-6-5-7-15(8-14)23(19,20)17-9-12(3)22-13(4)10-17/h5-8,11-13H,9-10H2,1-4H3. The van der Waals surface area contributed by atoms with Crippen LogP contribution < -0.4 is 0 Å². The molecular formula is C16H23NO5S. The summed E-state index contributed by atoms with van der Waals surface area (Å²) in [5.74, 6) is -0.527. The van der Waals surface area contributed by atoms with Crippen molar-refractivity contribution in [2.45, 2.75) is 50.9 Å². The molecule has 1 fully saturated rings. The van der Waals surface area contributed by atoms with E-state index in [1.165, 1.54) is 16.4 Å². The van der Waals surface area contributed by atoms with Gasteiger partial charge in [-0.25, -0.2) is 13.2 Å². The third-order valence-corrected chi connectivity index (χ3v) is 5.26. The van der Waals surface area contributed by atoms with E-state index < -0.39 is 16.0 Å². The predicted molar refractivity (Wildman–Crippen MR) is 85.8 cm³/mol. The molecule has 0 spiro atoms. The SMILES string of the molecule is CC(C)OC(=O)c1cccc(S(=O)(=O)N2CC(C)OC(C)C2)c1. The van der Waals surface area contributed by atoms with Gasteiger partial charge in [-0.2, -0.15) is 4.31 Å². The number of benzene rings is 1.